The number of rotatable bonds is 7. The fraction of sp³-hybridized carbons (Fsp3) is 0.346. The van der Waals surface area contributed by atoms with Crippen LogP contribution in [0.4, 0.5) is 13.2 Å². The number of allylic oxidation sites excluding steroid dienone is 1. The third-order valence-corrected chi connectivity index (χ3v) is 6.19. The van der Waals surface area contributed by atoms with Crippen molar-refractivity contribution in [1.29, 1.82) is 0 Å². The number of ether oxygens (including phenoxy) is 3. The number of carbonyl (C=O) groups is 3. The Morgan fingerprint density at radius 1 is 1.11 bits per heavy atom. The average Bonchev–Trinajstić information content (AvgIpc) is 3.32. The van der Waals surface area contributed by atoms with Crippen molar-refractivity contribution in [2.24, 2.45) is 0 Å². The van der Waals surface area contributed by atoms with Crippen molar-refractivity contribution in [3.8, 4) is 11.5 Å². The number of hydrogen-bond acceptors (Lipinski definition) is 6. The first kappa shape index (κ1) is 26.1. The summed E-state index contributed by atoms with van der Waals surface area (Å²) in [5, 5.41) is 2.74. The summed E-state index contributed by atoms with van der Waals surface area (Å²) in [5.41, 5.74) is 0.653. The van der Waals surface area contributed by atoms with Crippen molar-refractivity contribution in [2.45, 2.75) is 38.9 Å². The van der Waals surface area contributed by atoms with Gasteiger partial charge in [-0.05, 0) is 49.2 Å². The number of nitrogens with one attached hydrogen (secondary N) is 1. The summed E-state index contributed by atoms with van der Waals surface area (Å²) < 4.78 is 54.8. The highest BCUT2D eigenvalue weighted by atomic mass is 19.4. The lowest BCUT2D eigenvalue weighted by Gasteiger charge is -2.34. The van der Waals surface area contributed by atoms with Gasteiger partial charge in [-0.25, -0.2) is 4.79 Å². The van der Waals surface area contributed by atoms with Crippen LogP contribution in [0.25, 0.3) is 0 Å². The van der Waals surface area contributed by atoms with Gasteiger partial charge in [0, 0.05) is 24.6 Å². The lowest BCUT2D eigenvalue weighted by atomic mass is 9.83. The Bertz CT molecular complexity index is 1240. The predicted molar refractivity (Wildman–Crippen MR) is 124 cm³/mol. The molecule has 37 heavy (non-hydrogen) atoms. The zero-order valence-corrected chi connectivity index (χ0v) is 20.2. The molecular formula is C26H25F3N2O6. The summed E-state index contributed by atoms with van der Waals surface area (Å²) in [6.45, 7) is 3.18. The smallest absolute Gasteiger partial charge is 0.416 e. The van der Waals surface area contributed by atoms with Gasteiger partial charge in [0.2, 0.25) is 18.6 Å². The minimum atomic E-state index is -4.51. The molecule has 1 unspecified atom stereocenters. The summed E-state index contributed by atoms with van der Waals surface area (Å²) in [7, 11) is 0. The molecule has 0 aromatic heterocycles. The highest BCUT2D eigenvalue weighted by Gasteiger charge is 2.38. The van der Waals surface area contributed by atoms with Crippen LogP contribution < -0.4 is 14.8 Å². The van der Waals surface area contributed by atoms with Gasteiger partial charge in [-0.2, -0.15) is 13.2 Å². The third-order valence-electron chi connectivity index (χ3n) is 6.19. The van der Waals surface area contributed by atoms with Gasteiger partial charge in [0.25, 0.3) is 0 Å². The van der Waals surface area contributed by atoms with E-state index in [-0.39, 0.29) is 44.2 Å². The van der Waals surface area contributed by atoms with E-state index >= 15 is 0 Å². The zero-order valence-electron chi connectivity index (χ0n) is 20.2. The Labute approximate surface area is 211 Å². The van der Waals surface area contributed by atoms with Gasteiger partial charge in [-0.15, -0.1) is 0 Å². The van der Waals surface area contributed by atoms with Crippen molar-refractivity contribution < 1.29 is 41.8 Å². The lowest BCUT2D eigenvalue weighted by molar-refractivity contribution is -0.141. The topological polar surface area (TPSA) is 94.2 Å². The molecule has 0 saturated carbocycles. The Morgan fingerprint density at radius 3 is 2.49 bits per heavy atom. The molecule has 0 radical (unpaired) electrons. The van der Waals surface area contributed by atoms with Gasteiger partial charge in [0.1, 0.15) is 6.54 Å². The minimum Gasteiger partial charge on any atom is -0.463 e. The predicted octanol–water partition coefficient (Wildman–Crippen LogP) is 3.90. The van der Waals surface area contributed by atoms with Crippen LogP contribution in [0.15, 0.2) is 53.7 Å². The number of nitrogens with zero attached hydrogens (tertiary/aromatic N) is 1. The molecule has 0 bridgehead atoms. The average molecular weight is 518 g/mol. The molecule has 2 aliphatic heterocycles. The van der Waals surface area contributed by atoms with Crippen LogP contribution in [0.5, 0.6) is 11.5 Å². The number of fused-ring (bicyclic) bond motifs is 1. The van der Waals surface area contributed by atoms with Crippen molar-refractivity contribution >= 4 is 17.8 Å². The molecule has 8 nitrogen and oxygen atoms in total. The number of carbonyl (C=O) groups excluding carboxylic acids is 3. The van der Waals surface area contributed by atoms with Crippen molar-refractivity contribution in [2.75, 3.05) is 19.9 Å². The van der Waals surface area contributed by atoms with E-state index in [9.17, 15) is 27.6 Å². The lowest BCUT2D eigenvalue weighted by Crippen LogP contribution is -2.44. The van der Waals surface area contributed by atoms with Gasteiger partial charge in [0.15, 0.2) is 11.5 Å². The molecular weight excluding hydrogens is 493 g/mol. The first-order valence-electron chi connectivity index (χ1n) is 11.6. The molecule has 2 aromatic carbocycles. The maximum Gasteiger partial charge on any atom is 0.416 e. The number of halogens is 3. The van der Waals surface area contributed by atoms with E-state index in [4.69, 9.17) is 14.2 Å². The molecule has 2 heterocycles. The minimum absolute atomic E-state index is 0.0688. The van der Waals surface area contributed by atoms with Gasteiger partial charge in [-0.1, -0.05) is 18.2 Å². The Kier molecular flexibility index (Phi) is 7.42. The normalized spacial score (nSPS) is 17.2. The molecule has 1 atom stereocenters. The molecule has 1 N–H and O–H groups in total. The van der Waals surface area contributed by atoms with E-state index in [0.29, 0.717) is 17.1 Å². The van der Waals surface area contributed by atoms with E-state index in [0.717, 1.165) is 17.7 Å². The molecule has 11 heteroatoms. The van der Waals surface area contributed by atoms with Gasteiger partial charge >= 0.3 is 12.1 Å². The molecule has 0 fully saturated rings. The number of esters is 1. The van der Waals surface area contributed by atoms with Crippen molar-refractivity contribution in [3.05, 3.63) is 70.4 Å². The van der Waals surface area contributed by atoms with Crippen LogP contribution in [-0.4, -0.2) is 42.6 Å². The Morgan fingerprint density at radius 2 is 1.81 bits per heavy atom. The highest BCUT2D eigenvalue weighted by Crippen LogP contribution is 2.38. The number of hydrogen-bond donors (Lipinski definition) is 1. The molecule has 0 saturated heterocycles. The number of benzene rings is 2. The second-order valence-electron chi connectivity index (χ2n) is 8.54. The van der Waals surface area contributed by atoms with Crippen LogP contribution >= 0.6 is 0 Å². The monoisotopic (exact) mass is 518 g/mol. The second-order valence-corrected chi connectivity index (χ2v) is 8.54. The molecule has 0 spiro atoms. The van der Waals surface area contributed by atoms with Crippen molar-refractivity contribution in [3.63, 3.8) is 0 Å². The standard InChI is InChI=1S/C26H25F3N2O6/c1-3-35-25(34)24-15(2)31(13-22(32)30-12-16-4-9-20-21(10-16)37-14-36-20)23(33)11-19(24)17-5-7-18(8-6-17)26(27,28)29/h4-10,19H,3,11-14H2,1-2H3,(H,30,32). The Hall–Kier alpha value is -4.02. The summed E-state index contributed by atoms with van der Waals surface area (Å²) in [6.07, 6.45) is -4.71. The van der Waals surface area contributed by atoms with Crippen LogP contribution in [-0.2, 0) is 31.8 Å². The molecule has 2 amide bonds. The quantitative estimate of drug-likeness (QED) is 0.559. The van der Waals surface area contributed by atoms with E-state index in [1.165, 1.54) is 24.0 Å². The fourth-order valence-corrected chi connectivity index (χ4v) is 4.32. The largest absolute Gasteiger partial charge is 0.463 e. The van der Waals surface area contributed by atoms with Crippen LogP contribution in [0.2, 0.25) is 0 Å². The highest BCUT2D eigenvalue weighted by molar-refractivity contribution is 5.97. The number of amides is 2. The summed E-state index contributed by atoms with van der Waals surface area (Å²) in [4.78, 5) is 39.8. The van der Waals surface area contributed by atoms with Gasteiger partial charge in [-0.3, -0.25) is 9.59 Å². The van der Waals surface area contributed by atoms with Crippen LogP contribution in [0.3, 0.4) is 0 Å². The Balaban J connectivity index is 1.52. The second kappa shape index (κ2) is 10.5. The third kappa shape index (κ3) is 5.71. The molecule has 4 rings (SSSR count). The zero-order chi connectivity index (χ0) is 26.7. The maximum absolute atomic E-state index is 13.0. The molecule has 196 valence electrons. The first-order valence-corrected chi connectivity index (χ1v) is 11.6. The first-order chi connectivity index (χ1) is 17.6. The fourth-order valence-electron chi connectivity index (χ4n) is 4.32. The summed E-state index contributed by atoms with van der Waals surface area (Å²) in [5.74, 6) is -1.20. The van der Waals surface area contributed by atoms with Crippen molar-refractivity contribution in [1.82, 2.24) is 10.2 Å². The molecule has 2 aromatic rings. The summed E-state index contributed by atoms with van der Waals surface area (Å²) >= 11 is 0. The molecule has 0 aliphatic carbocycles. The van der Waals surface area contributed by atoms with E-state index in [1.54, 1.807) is 25.1 Å². The van der Waals surface area contributed by atoms with Gasteiger partial charge in [0.05, 0.1) is 17.7 Å². The van der Waals surface area contributed by atoms with E-state index < -0.39 is 35.4 Å². The maximum atomic E-state index is 13.0. The van der Waals surface area contributed by atoms with E-state index in [2.05, 4.69) is 5.32 Å². The van der Waals surface area contributed by atoms with Gasteiger partial charge < -0.3 is 24.4 Å². The van der Waals surface area contributed by atoms with E-state index in [1.807, 2.05) is 0 Å². The van der Waals surface area contributed by atoms with Crippen LogP contribution in [0, 0.1) is 0 Å². The number of alkyl halides is 3. The molecule has 2 aliphatic rings. The van der Waals surface area contributed by atoms with Crippen LogP contribution in [0.1, 0.15) is 42.9 Å². The summed E-state index contributed by atoms with van der Waals surface area (Å²) in [6, 6.07) is 9.58. The SMILES string of the molecule is CCOC(=O)C1=C(C)N(CC(=O)NCc2ccc3c(c2)OCO3)C(=O)CC1c1ccc(C(F)(F)F)cc1.